The first-order valence-electron chi connectivity index (χ1n) is 12.7. The monoisotopic (exact) mass is 523 g/mol. The standard InChI is InChI=1S/C27H30FN5O3S/c1-2-27-15-20-16-30-33(23-5-3-22(28)4-6-23)26(20)13-21(27)7-8-32(19-27)37(34,35)25-14-24(17-29-18-25)31-9-11-36-12-10-31/h3-6,13-14,16-18H,2,7-12,15,19H2,1H3/t27-/m1/s1. The molecule has 0 saturated carbocycles. The van der Waals surface area contributed by atoms with E-state index in [0.29, 0.717) is 39.1 Å². The second-order valence-corrected chi connectivity index (χ2v) is 11.9. The van der Waals surface area contributed by atoms with E-state index in [1.54, 1.807) is 28.7 Å². The Bertz CT molecular complexity index is 1450. The number of piperidine rings is 1. The molecule has 2 aliphatic heterocycles. The van der Waals surface area contributed by atoms with Crippen molar-refractivity contribution in [3.63, 3.8) is 0 Å². The molecule has 194 valence electrons. The van der Waals surface area contributed by atoms with Gasteiger partial charge in [0.05, 0.1) is 42.7 Å². The van der Waals surface area contributed by atoms with Crippen LogP contribution in [0.15, 0.2) is 59.4 Å². The van der Waals surface area contributed by atoms with Gasteiger partial charge in [-0.05, 0) is 61.2 Å². The average Bonchev–Trinajstić information content (AvgIpc) is 3.34. The van der Waals surface area contributed by atoms with Gasteiger partial charge in [-0.2, -0.15) is 9.40 Å². The van der Waals surface area contributed by atoms with Crippen molar-refractivity contribution in [1.82, 2.24) is 19.1 Å². The molecule has 6 rings (SSSR count). The first kappa shape index (κ1) is 24.3. The summed E-state index contributed by atoms with van der Waals surface area (Å²) in [6, 6.07) is 8.04. The van der Waals surface area contributed by atoms with Gasteiger partial charge in [-0.1, -0.05) is 12.5 Å². The molecule has 1 aromatic carbocycles. The lowest BCUT2D eigenvalue weighted by Gasteiger charge is -2.45. The van der Waals surface area contributed by atoms with Gasteiger partial charge in [0.1, 0.15) is 10.7 Å². The van der Waals surface area contributed by atoms with Crippen LogP contribution in [0, 0.1) is 11.2 Å². The molecule has 2 saturated heterocycles. The number of halogens is 1. The number of benzene rings is 1. The Morgan fingerprint density at radius 3 is 2.59 bits per heavy atom. The Hall–Kier alpha value is -3.08. The van der Waals surface area contributed by atoms with Crippen LogP contribution in [0.5, 0.6) is 0 Å². The molecule has 0 radical (unpaired) electrons. The summed E-state index contributed by atoms with van der Waals surface area (Å²) in [4.78, 5) is 6.62. The third-order valence-electron chi connectivity index (χ3n) is 7.98. The second-order valence-electron chi connectivity index (χ2n) is 9.99. The quantitative estimate of drug-likeness (QED) is 0.508. The minimum Gasteiger partial charge on any atom is -0.378 e. The first-order chi connectivity index (χ1) is 17.9. The summed E-state index contributed by atoms with van der Waals surface area (Å²) in [6.45, 7) is 5.64. The van der Waals surface area contributed by atoms with E-state index in [2.05, 4.69) is 28.0 Å². The summed E-state index contributed by atoms with van der Waals surface area (Å²) in [5.74, 6) is -0.285. The number of anilines is 1. The first-order valence-corrected chi connectivity index (χ1v) is 14.2. The highest BCUT2D eigenvalue weighted by Crippen LogP contribution is 2.47. The van der Waals surface area contributed by atoms with Crippen molar-refractivity contribution in [2.45, 2.75) is 31.1 Å². The highest BCUT2D eigenvalue weighted by Gasteiger charge is 2.45. The summed E-state index contributed by atoms with van der Waals surface area (Å²) in [6.07, 6.45) is 9.38. The summed E-state index contributed by atoms with van der Waals surface area (Å²) >= 11 is 0. The molecule has 37 heavy (non-hydrogen) atoms. The molecule has 8 nitrogen and oxygen atoms in total. The molecule has 10 heteroatoms. The maximum absolute atomic E-state index is 13.8. The van der Waals surface area contributed by atoms with Crippen molar-refractivity contribution in [2.24, 2.45) is 5.41 Å². The predicted molar refractivity (Wildman–Crippen MR) is 139 cm³/mol. The van der Waals surface area contributed by atoms with E-state index in [1.807, 2.05) is 10.9 Å². The zero-order valence-corrected chi connectivity index (χ0v) is 21.6. The predicted octanol–water partition coefficient (Wildman–Crippen LogP) is 3.67. The van der Waals surface area contributed by atoms with Crippen LogP contribution in [0.1, 0.15) is 31.0 Å². The summed E-state index contributed by atoms with van der Waals surface area (Å²) < 4.78 is 49.9. The molecule has 3 aliphatic rings. The summed E-state index contributed by atoms with van der Waals surface area (Å²) in [5, 5.41) is 4.59. The lowest BCUT2D eigenvalue weighted by molar-refractivity contribution is 0.122. The zero-order valence-electron chi connectivity index (χ0n) is 20.8. The van der Waals surface area contributed by atoms with Crippen molar-refractivity contribution in [3.05, 3.63) is 71.6 Å². The van der Waals surface area contributed by atoms with Gasteiger partial charge >= 0.3 is 0 Å². The lowest BCUT2D eigenvalue weighted by Crippen LogP contribution is -2.49. The average molecular weight is 524 g/mol. The maximum atomic E-state index is 13.8. The number of ether oxygens (including phenoxy) is 1. The molecular weight excluding hydrogens is 493 g/mol. The van der Waals surface area contributed by atoms with Crippen molar-refractivity contribution < 1.29 is 17.5 Å². The molecule has 3 aromatic rings. The van der Waals surface area contributed by atoms with E-state index >= 15 is 0 Å². The van der Waals surface area contributed by atoms with Crippen LogP contribution in [-0.4, -0.2) is 66.9 Å². The Labute approximate surface area is 216 Å². The molecule has 0 unspecified atom stereocenters. The van der Waals surface area contributed by atoms with Crippen molar-refractivity contribution in [2.75, 3.05) is 44.3 Å². The van der Waals surface area contributed by atoms with E-state index in [1.165, 1.54) is 23.9 Å². The number of hydrogen-bond donors (Lipinski definition) is 0. The maximum Gasteiger partial charge on any atom is 0.244 e. The number of aromatic nitrogens is 3. The van der Waals surface area contributed by atoms with Gasteiger partial charge < -0.3 is 9.64 Å². The van der Waals surface area contributed by atoms with Crippen LogP contribution >= 0.6 is 0 Å². The molecule has 1 atom stereocenters. The van der Waals surface area contributed by atoms with Gasteiger partial charge in [-0.25, -0.2) is 17.5 Å². The van der Waals surface area contributed by atoms with Crippen molar-refractivity contribution in [3.8, 4) is 5.69 Å². The van der Waals surface area contributed by atoms with E-state index in [4.69, 9.17) is 4.74 Å². The van der Waals surface area contributed by atoms with E-state index < -0.39 is 10.0 Å². The molecule has 4 heterocycles. The number of fused-ring (bicyclic) bond motifs is 2. The fraction of sp³-hybridized carbons (Fsp3) is 0.407. The Morgan fingerprint density at radius 1 is 1.05 bits per heavy atom. The number of rotatable bonds is 5. The Morgan fingerprint density at radius 2 is 1.84 bits per heavy atom. The fourth-order valence-corrected chi connectivity index (χ4v) is 7.29. The minimum atomic E-state index is -3.71. The van der Waals surface area contributed by atoms with E-state index in [-0.39, 0.29) is 16.1 Å². The summed E-state index contributed by atoms with van der Waals surface area (Å²) in [7, 11) is -3.71. The van der Waals surface area contributed by atoms with Gasteiger partial charge in [0, 0.05) is 37.8 Å². The molecule has 0 bridgehead atoms. The molecule has 1 aliphatic carbocycles. The number of hydrogen-bond acceptors (Lipinski definition) is 6. The highest BCUT2D eigenvalue weighted by molar-refractivity contribution is 7.89. The van der Waals surface area contributed by atoms with Crippen LogP contribution in [0.4, 0.5) is 10.1 Å². The summed E-state index contributed by atoms with van der Waals surface area (Å²) in [5.41, 5.74) is 4.64. The Balaban J connectivity index is 1.29. The normalized spacial score (nSPS) is 22.3. The van der Waals surface area contributed by atoms with Gasteiger partial charge in [-0.3, -0.25) is 4.98 Å². The lowest BCUT2D eigenvalue weighted by atomic mass is 9.67. The minimum absolute atomic E-state index is 0.232. The molecule has 0 N–H and O–H groups in total. The van der Waals surface area contributed by atoms with Gasteiger partial charge in [-0.15, -0.1) is 0 Å². The molecule has 0 spiro atoms. The van der Waals surface area contributed by atoms with Crippen LogP contribution < -0.4 is 4.90 Å². The second kappa shape index (κ2) is 9.34. The van der Waals surface area contributed by atoms with Gasteiger partial charge in [0.2, 0.25) is 10.0 Å². The number of nitrogens with zero attached hydrogens (tertiary/aromatic N) is 5. The SMILES string of the molecule is CC[C@]12Cc3cnn(-c4ccc(F)cc4)c3C=C1CCN(S(=O)(=O)c1cncc(N3CCOCC3)c1)C2. The van der Waals surface area contributed by atoms with E-state index in [9.17, 15) is 12.8 Å². The largest absolute Gasteiger partial charge is 0.378 e. The smallest absolute Gasteiger partial charge is 0.244 e. The molecule has 2 aromatic heterocycles. The zero-order chi connectivity index (χ0) is 25.6. The Kier molecular flexibility index (Phi) is 6.13. The topological polar surface area (TPSA) is 80.6 Å². The van der Waals surface area contributed by atoms with Gasteiger partial charge in [0.25, 0.3) is 0 Å². The van der Waals surface area contributed by atoms with Gasteiger partial charge in [0.15, 0.2) is 0 Å². The number of morpholine rings is 1. The molecule has 0 amide bonds. The molecular formula is C27H30FN5O3S. The van der Waals surface area contributed by atoms with Crippen LogP contribution in [0.3, 0.4) is 0 Å². The number of sulfonamides is 1. The van der Waals surface area contributed by atoms with Crippen LogP contribution in [0.25, 0.3) is 11.8 Å². The fourth-order valence-electron chi connectivity index (χ4n) is 5.78. The third kappa shape index (κ3) is 4.26. The van der Waals surface area contributed by atoms with Crippen molar-refractivity contribution in [1.29, 1.82) is 0 Å². The van der Waals surface area contributed by atoms with Crippen LogP contribution in [0.2, 0.25) is 0 Å². The van der Waals surface area contributed by atoms with Crippen molar-refractivity contribution >= 4 is 21.8 Å². The third-order valence-corrected chi connectivity index (χ3v) is 9.79. The molecule has 2 fully saturated rings. The highest BCUT2D eigenvalue weighted by atomic mass is 32.2. The number of pyridine rings is 1. The van der Waals surface area contributed by atoms with E-state index in [0.717, 1.165) is 42.1 Å². The van der Waals surface area contributed by atoms with Crippen LogP contribution in [-0.2, 0) is 21.2 Å².